The molecule has 0 spiro atoms. The van der Waals surface area contributed by atoms with Crippen LogP contribution >= 0.6 is 0 Å². The average Bonchev–Trinajstić information content (AvgIpc) is 2.76. The molecule has 2 aromatic rings. The summed E-state index contributed by atoms with van der Waals surface area (Å²) in [5, 5.41) is 1.33. The monoisotopic (exact) mass is 466 g/mol. The number of benzene rings is 1. The van der Waals surface area contributed by atoms with E-state index in [4.69, 9.17) is 15.2 Å². The van der Waals surface area contributed by atoms with E-state index >= 15 is 0 Å². The second-order valence-electron chi connectivity index (χ2n) is 7.17. The molecule has 13 heteroatoms. The summed E-state index contributed by atoms with van der Waals surface area (Å²) in [6, 6.07) is 3.75. The number of nitrogens with zero attached hydrogens (tertiary/aromatic N) is 4. The molecule has 0 bridgehead atoms. The lowest BCUT2D eigenvalue weighted by Gasteiger charge is -2.41. The molecule has 3 N–H and O–H groups in total. The molecule has 0 unspecified atom stereocenters. The Hall–Kier alpha value is -3.32. The lowest BCUT2D eigenvalue weighted by atomic mass is 9.88. The van der Waals surface area contributed by atoms with Crippen LogP contribution in [0.4, 0.5) is 10.1 Å². The number of aromatic nitrogens is 2. The highest BCUT2D eigenvalue weighted by molar-refractivity contribution is 7.90. The Bertz CT molecular complexity index is 1160. The van der Waals surface area contributed by atoms with Gasteiger partial charge in [0.2, 0.25) is 21.9 Å². The maximum absolute atomic E-state index is 14.9. The third kappa shape index (κ3) is 4.08. The molecular weight excluding hydrogens is 443 g/mol. The van der Waals surface area contributed by atoms with E-state index in [1.807, 2.05) is 0 Å². The van der Waals surface area contributed by atoms with Gasteiger partial charge in [0, 0.05) is 25.4 Å². The van der Waals surface area contributed by atoms with Crippen molar-refractivity contribution in [3.05, 3.63) is 47.7 Å². The van der Waals surface area contributed by atoms with Crippen LogP contribution in [0.25, 0.3) is 0 Å². The predicted molar refractivity (Wildman–Crippen MR) is 114 cm³/mol. The Kier molecular flexibility index (Phi) is 6.32. The van der Waals surface area contributed by atoms with Crippen molar-refractivity contribution < 1.29 is 27.1 Å². The number of sulfonamides is 1. The zero-order valence-electron chi connectivity index (χ0n) is 17.9. The van der Waals surface area contributed by atoms with Crippen LogP contribution in [-0.2, 0) is 20.3 Å². The summed E-state index contributed by atoms with van der Waals surface area (Å²) in [6.07, 6.45) is 2.51. The number of carbonyl (C=O) groups excluding carboxylic acids is 1. The van der Waals surface area contributed by atoms with Crippen LogP contribution < -0.4 is 15.8 Å². The average molecular weight is 466 g/mol. The third-order valence-electron chi connectivity index (χ3n) is 5.20. The molecule has 1 aliphatic rings. The van der Waals surface area contributed by atoms with E-state index in [1.54, 1.807) is 0 Å². The summed E-state index contributed by atoms with van der Waals surface area (Å²) in [7, 11) is 0.0102. The molecular formula is C19H23FN6O5S. The van der Waals surface area contributed by atoms with Crippen LogP contribution in [0.3, 0.4) is 0 Å². The van der Waals surface area contributed by atoms with Gasteiger partial charge >= 0.3 is 0 Å². The lowest BCUT2D eigenvalue weighted by Crippen LogP contribution is -2.58. The number of guanidine groups is 1. The van der Waals surface area contributed by atoms with E-state index in [9.17, 15) is 17.6 Å². The lowest BCUT2D eigenvalue weighted by molar-refractivity contribution is 0.102. The first-order valence-corrected chi connectivity index (χ1v) is 10.8. The molecule has 172 valence electrons. The van der Waals surface area contributed by atoms with E-state index in [0.29, 0.717) is 0 Å². The van der Waals surface area contributed by atoms with Crippen molar-refractivity contribution in [2.45, 2.75) is 17.7 Å². The Labute approximate surface area is 184 Å². The van der Waals surface area contributed by atoms with Gasteiger partial charge in [0.1, 0.15) is 22.3 Å². The van der Waals surface area contributed by atoms with Gasteiger partial charge in [0.25, 0.3) is 5.91 Å². The van der Waals surface area contributed by atoms with E-state index in [-0.39, 0.29) is 35.4 Å². The maximum atomic E-state index is 14.9. The molecule has 0 saturated heterocycles. The van der Waals surface area contributed by atoms with Crippen molar-refractivity contribution in [3.63, 3.8) is 0 Å². The summed E-state index contributed by atoms with van der Waals surface area (Å²) < 4.78 is 51.7. The smallest absolute Gasteiger partial charge is 0.275 e. The maximum Gasteiger partial charge on any atom is 0.275 e. The van der Waals surface area contributed by atoms with Crippen LogP contribution in [-0.4, -0.2) is 67.7 Å². The third-order valence-corrected chi connectivity index (χ3v) is 7.46. The fraction of sp³-hybridized carbons (Fsp3) is 0.368. The Morgan fingerprint density at radius 3 is 2.62 bits per heavy atom. The summed E-state index contributed by atoms with van der Waals surface area (Å²) in [4.78, 5) is 24.7. The van der Waals surface area contributed by atoms with Gasteiger partial charge in [-0.15, -0.1) is 0 Å². The van der Waals surface area contributed by atoms with Crippen molar-refractivity contribution >= 4 is 27.6 Å². The highest BCUT2D eigenvalue weighted by atomic mass is 32.2. The molecule has 3 rings (SSSR count). The van der Waals surface area contributed by atoms with Crippen LogP contribution in [0.2, 0.25) is 0 Å². The molecule has 0 fully saturated rings. The van der Waals surface area contributed by atoms with Gasteiger partial charge in [-0.3, -0.25) is 4.79 Å². The van der Waals surface area contributed by atoms with E-state index in [0.717, 1.165) is 10.4 Å². The van der Waals surface area contributed by atoms with Gasteiger partial charge in [0.15, 0.2) is 0 Å². The van der Waals surface area contributed by atoms with E-state index in [2.05, 4.69) is 20.3 Å². The molecule has 0 saturated carbocycles. The fourth-order valence-electron chi connectivity index (χ4n) is 3.35. The fourth-order valence-corrected chi connectivity index (χ4v) is 5.10. The summed E-state index contributed by atoms with van der Waals surface area (Å²) in [5.41, 5.74) is 4.35. The molecule has 11 nitrogen and oxygen atoms in total. The first kappa shape index (κ1) is 23.3. The van der Waals surface area contributed by atoms with Crippen molar-refractivity contribution in [3.8, 4) is 5.88 Å². The molecule has 2 atom stereocenters. The highest BCUT2D eigenvalue weighted by Gasteiger charge is 2.51. The Balaban J connectivity index is 2.02. The summed E-state index contributed by atoms with van der Waals surface area (Å²) in [6.45, 7) is 1.20. The predicted octanol–water partition coefficient (Wildman–Crippen LogP) is 0.697. The zero-order valence-corrected chi connectivity index (χ0v) is 18.7. The normalized spacial score (nSPS) is 22.2. The second-order valence-corrected chi connectivity index (χ2v) is 9.31. The topological polar surface area (TPSA) is 149 Å². The van der Waals surface area contributed by atoms with Crippen molar-refractivity contribution in [1.82, 2.24) is 14.3 Å². The first-order chi connectivity index (χ1) is 15.0. The molecule has 32 heavy (non-hydrogen) atoms. The molecule has 1 amide bonds. The van der Waals surface area contributed by atoms with Crippen LogP contribution in [0, 0.1) is 5.82 Å². The van der Waals surface area contributed by atoms with Crippen LogP contribution in [0.15, 0.2) is 35.6 Å². The van der Waals surface area contributed by atoms with Gasteiger partial charge in [-0.05, 0) is 25.1 Å². The van der Waals surface area contributed by atoms with Gasteiger partial charge in [-0.1, -0.05) is 0 Å². The number of ether oxygens (including phenoxy) is 2. The summed E-state index contributed by atoms with van der Waals surface area (Å²) in [5.74, 6) is -1.37. The standard InChI is InChI=1S/C19H23FN6O5S/c1-19(15(10-30-3)32(28,29)26(2)18(21)25-19)12-7-11(5-6-13(12)20)24-17(27)14-8-23-16(31-4)9-22-14/h5-9,15H,10H2,1-4H3,(H2,21,25)(H,24,27)/t15-,19-/m1/s1. The number of nitrogens with two attached hydrogens (primary N) is 1. The molecule has 0 aliphatic carbocycles. The van der Waals surface area contributed by atoms with E-state index < -0.39 is 32.5 Å². The van der Waals surface area contributed by atoms with Crippen LogP contribution in [0.1, 0.15) is 23.0 Å². The number of nitrogens with one attached hydrogen (secondary N) is 1. The molecule has 2 heterocycles. The van der Waals surface area contributed by atoms with Gasteiger partial charge in [-0.25, -0.2) is 32.1 Å². The largest absolute Gasteiger partial charge is 0.480 e. The van der Waals surface area contributed by atoms with Crippen molar-refractivity contribution in [2.24, 2.45) is 10.7 Å². The van der Waals surface area contributed by atoms with E-state index in [1.165, 1.54) is 52.7 Å². The Morgan fingerprint density at radius 2 is 2.03 bits per heavy atom. The number of aliphatic imine (C=N–C) groups is 1. The first-order valence-electron chi connectivity index (χ1n) is 9.34. The summed E-state index contributed by atoms with van der Waals surface area (Å²) >= 11 is 0. The Morgan fingerprint density at radius 1 is 1.31 bits per heavy atom. The number of hydrogen-bond acceptors (Lipinski definition) is 9. The number of methoxy groups -OCH3 is 2. The van der Waals surface area contributed by atoms with Gasteiger partial charge < -0.3 is 20.5 Å². The van der Waals surface area contributed by atoms with Gasteiger partial charge in [-0.2, -0.15) is 0 Å². The number of anilines is 1. The molecule has 1 aliphatic heterocycles. The van der Waals surface area contributed by atoms with Crippen LogP contribution in [0.5, 0.6) is 5.88 Å². The molecule has 0 radical (unpaired) electrons. The molecule has 1 aromatic carbocycles. The quantitative estimate of drug-likeness (QED) is 0.632. The second kappa shape index (κ2) is 8.67. The zero-order chi connectivity index (χ0) is 23.7. The number of hydrogen-bond donors (Lipinski definition) is 2. The highest BCUT2D eigenvalue weighted by Crippen LogP contribution is 2.40. The minimum absolute atomic E-state index is 0.00396. The number of halogens is 1. The molecule has 1 aromatic heterocycles. The number of carbonyl (C=O) groups is 1. The number of rotatable bonds is 6. The SMILES string of the molecule is COC[C@@H]1[C@@](C)(c2cc(NC(=O)c3cnc(OC)cn3)ccc2F)N=C(N)N(C)S1(=O)=O. The minimum atomic E-state index is -4.00. The van der Waals surface area contributed by atoms with Crippen molar-refractivity contribution in [1.29, 1.82) is 0 Å². The van der Waals surface area contributed by atoms with Crippen molar-refractivity contribution in [2.75, 3.05) is 33.2 Å². The minimum Gasteiger partial charge on any atom is -0.480 e. The number of amides is 1. The van der Waals surface area contributed by atoms with Gasteiger partial charge in [0.05, 0.1) is 26.1 Å².